The number of methoxy groups -OCH3 is 1. The van der Waals surface area contributed by atoms with Crippen LogP contribution in [0.15, 0.2) is 85.1 Å². The molecule has 1 aliphatic heterocycles. The highest BCUT2D eigenvalue weighted by Gasteiger charge is 2.28. The van der Waals surface area contributed by atoms with Gasteiger partial charge >= 0.3 is 0 Å². The third-order valence-corrected chi connectivity index (χ3v) is 6.26. The number of nitrogens with zero attached hydrogens (tertiary/aromatic N) is 1. The molecule has 6 heteroatoms. The fraction of sp³-hybridized carbons (Fsp3) is 0.167. The number of carbonyl (C=O) groups excluding carboxylic acids is 2. The Morgan fingerprint density at radius 2 is 1.83 bits per heavy atom. The number of aromatic nitrogens is 1. The number of hydrogen-bond donors (Lipinski definition) is 2. The molecule has 1 aromatic heterocycles. The summed E-state index contributed by atoms with van der Waals surface area (Å²) in [6.45, 7) is 4.21. The quantitative estimate of drug-likeness (QED) is 0.287. The van der Waals surface area contributed by atoms with Gasteiger partial charge in [-0.05, 0) is 74.4 Å². The number of rotatable bonds is 5. The van der Waals surface area contributed by atoms with Crippen LogP contribution in [0.3, 0.4) is 0 Å². The van der Waals surface area contributed by atoms with E-state index < -0.39 is 0 Å². The van der Waals surface area contributed by atoms with E-state index in [4.69, 9.17) is 4.74 Å². The summed E-state index contributed by atoms with van der Waals surface area (Å²) in [6.07, 6.45) is 4.17. The van der Waals surface area contributed by atoms with E-state index in [0.717, 1.165) is 39.9 Å². The highest BCUT2D eigenvalue weighted by Crippen LogP contribution is 2.32. The third kappa shape index (κ3) is 4.84. The molecule has 0 fully saturated rings. The Morgan fingerprint density at radius 3 is 2.67 bits per heavy atom. The van der Waals surface area contributed by atoms with Crippen molar-refractivity contribution < 1.29 is 14.3 Å². The third-order valence-electron chi connectivity index (χ3n) is 6.26. The topological polar surface area (TPSA) is 80.3 Å². The van der Waals surface area contributed by atoms with Gasteiger partial charge in [0.1, 0.15) is 5.75 Å². The second-order valence-electron chi connectivity index (χ2n) is 9.58. The van der Waals surface area contributed by atoms with Crippen molar-refractivity contribution in [2.24, 2.45) is 0 Å². The van der Waals surface area contributed by atoms with Crippen LogP contribution in [-0.2, 0) is 6.42 Å². The van der Waals surface area contributed by atoms with Crippen molar-refractivity contribution in [1.29, 1.82) is 0 Å². The summed E-state index contributed by atoms with van der Waals surface area (Å²) in [7, 11) is 1.63. The van der Waals surface area contributed by atoms with Gasteiger partial charge in [-0.3, -0.25) is 14.6 Å². The van der Waals surface area contributed by atoms with Crippen LogP contribution in [0.4, 0.5) is 5.69 Å². The van der Waals surface area contributed by atoms with Crippen LogP contribution in [0, 0.1) is 0 Å². The zero-order chi connectivity index (χ0) is 25.3. The number of hydrogen-bond acceptors (Lipinski definition) is 5. The first-order valence-corrected chi connectivity index (χ1v) is 11.8. The smallest absolute Gasteiger partial charge is 0.255 e. The maximum Gasteiger partial charge on any atom is 0.255 e. The fourth-order valence-electron chi connectivity index (χ4n) is 4.54. The van der Waals surface area contributed by atoms with Crippen molar-refractivity contribution in [2.75, 3.05) is 12.4 Å². The average Bonchev–Trinajstić information content (AvgIpc) is 2.88. The molecule has 0 radical (unpaired) electrons. The number of fused-ring (bicyclic) bond motifs is 2. The number of ether oxygens (including phenoxy) is 1. The first-order valence-electron chi connectivity index (χ1n) is 11.8. The highest BCUT2D eigenvalue weighted by atomic mass is 16.5. The van der Waals surface area contributed by atoms with E-state index in [1.165, 1.54) is 0 Å². The number of anilines is 1. The van der Waals surface area contributed by atoms with E-state index in [1.807, 2.05) is 48.5 Å². The van der Waals surface area contributed by atoms with Gasteiger partial charge in [0.25, 0.3) is 5.91 Å². The van der Waals surface area contributed by atoms with Crippen molar-refractivity contribution in [1.82, 2.24) is 10.3 Å². The van der Waals surface area contributed by atoms with E-state index in [0.29, 0.717) is 16.8 Å². The van der Waals surface area contributed by atoms with Crippen LogP contribution in [0.1, 0.15) is 45.7 Å². The van der Waals surface area contributed by atoms with E-state index in [1.54, 1.807) is 43.6 Å². The summed E-state index contributed by atoms with van der Waals surface area (Å²) in [5.41, 5.74) is 5.00. The molecule has 2 N–H and O–H groups in total. The molecule has 5 rings (SSSR count). The van der Waals surface area contributed by atoms with E-state index >= 15 is 0 Å². The van der Waals surface area contributed by atoms with Gasteiger partial charge in [0.05, 0.1) is 12.6 Å². The van der Waals surface area contributed by atoms with Crippen molar-refractivity contribution in [3.05, 3.63) is 107 Å². The summed E-state index contributed by atoms with van der Waals surface area (Å²) in [5.74, 6) is 0.264. The largest absolute Gasteiger partial charge is 0.497 e. The number of benzene rings is 3. The maximum absolute atomic E-state index is 13.3. The predicted octanol–water partition coefficient (Wildman–Crippen LogP) is 5.64. The molecule has 0 spiro atoms. The maximum atomic E-state index is 13.3. The number of amides is 1. The lowest BCUT2D eigenvalue weighted by Crippen LogP contribution is -2.43. The van der Waals surface area contributed by atoms with Gasteiger partial charge in [-0.2, -0.15) is 0 Å². The van der Waals surface area contributed by atoms with E-state index in [2.05, 4.69) is 29.5 Å². The predicted molar refractivity (Wildman–Crippen MR) is 142 cm³/mol. The molecule has 0 aliphatic carbocycles. The van der Waals surface area contributed by atoms with E-state index in [-0.39, 0.29) is 17.2 Å². The second-order valence-corrected chi connectivity index (χ2v) is 9.58. The number of ketones is 1. The average molecular weight is 478 g/mol. The van der Waals surface area contributed by atoms with E-state index in [9.17, 15) is 9.59 Å². The molecule has 1 amide bonds. The molecule has 6 nitrogen and oxygen atoms in total. The Balaban J connectivity index is 1.41. The molecule has 0 bridgehead atoms. The summed E-state index contributed by atoms with van der Waals surface area (Å²) in [5, 5.41) is 7.34. The molecule has 0 saturated heterocycles. The van der Waals surface area contributed by atoms with Crippen LogP contribution in [0.2, 0.25) is 0 Å². The zero-order valence-electron chi connectivity index (χ0n) is 20.5. The first-order chi connectivity index (χ1) is 17.3. The lowest BCUT2D eigenvalue weighted by Gasteiger charge is -2.35. The summed E-state index contributed by atoms with van der Waals surface area (Å²) in [4.78, 5) is 30.5. The van der Waals surface area contributed by atoms with Gasteiger partial charge in [0.15, 0.2) is 5.78 Å². The Hall–Kier alpha value is -4.45. The standard InChI is InChI=1S/C30H27N3O3/c1-30(2)18-22-9-11-24(36-3)16-25(22)27(33-30)17-28(34)20-6-4-7-21(14-20)29(35)32-23-10-12-26-19(15-23)8-5-13-31-26/h4-17,33H,18H2,1-3H3,(H,32,35)/b27-17-. The van der Waals surface area contributed by atoms with Crippen LogP contribution in [0.25, 0.3) is 16.6 Å². The summed E-state index contributed by atoms with van der Waals surface area (Å²) < 4.78 is 5.40. The Morgan fingerprint density at radius 1 is 1.00 bits per heavy atom. The molecule has 0 unspecified atom stereocenters. The minimum atomic E-state index is -0.285. The summed E-state index contributed by atoms with van der Waals surface area (Å²) in [6, 6.07) is 22.0. The zero-order valence-corrected chi connectivity index (χ0v) is 20.5. The van der Waals surface area contributed by atoms with Crippen molar-refractivity contribution in [3.8, 4) is 5.75 Å². The molecular weight excluding hydrogens is 450 g/mol. The first kappa shape index (κ1) is 23.3. The minimum absolute atomic E-state index is 0.185. The number of nitrogens with one attached hydrogen (secondary N) is 2. The Bertz CT molecular complexity index is 1520. The van der Waals surface area contributed by atoms with Gasteiger partial charge in [0.2, 0.25) is 0 Å². The number of pyridine rings is 1. The van der Waals surface area contributed by atoms with Crippen LogP contribution >= 0.6 is 0 Å². The Kier molecular flexibility index (Phi) is 6.02. The molecule has 0 saturated carbocycles. The normalized spacial score (nSPS) is 15.1. The molecule has 3 aromatic carbocycles. The van der Waals surface area contributed by atoms with Gasteiger partial charge in [0, 0.05) is 51.3 Å². The van der Waals surface area contributed by atoms with Gasteiger partial charge in [-0.25, -0.2) is 0 Å². The molecule has 4 aromatic rings. The lowest BCUT2D eigenvalue weighted by atomic mass is 9.85. The number of allylic oxidation sites excluding steroid dienone is 1. The molecular formula is C30H27N3O3. The lowest BCUT2D eigenvalue weighted by molar-refractivity contribution is 0.102. The second kappa shape index (κ2) is 9.30. The van der Waals surface area contributed by atoms with Crippen molar-refractivity contribution in [3.63, 3.8) is 0 Å². The SMILES string of the molecule is COc1ccc2c(c1)/C(=C/C(=O)c1cccc(C(=O)Nc3ccc4ncccc4c3)c1)NC(C)(C)C2. The van der Waals surface area contributed by atoms with Crippen molar-refractivity contribution >= 4 is 34.0 Å². The Labute approximate surface area is 210 Å². The molecule has 2 heterocycles. The molecule has 36 heavy (non-hydrogen) atoms. The fourth-order valence-corrected chi connectivity index (χ4v) is 4.54. The van der Waals surface area contributed by atoms with Gasteiger partial charge in [-0.1, -0.05) is 24.3 Å². The molecule has 180 valence electrons. The van der Waals surface area contributed by atoms with Crippen LogP contribution in [-0.4, -0.2) is 29.3 Å². The highest BCUT2D eigenvalue weighted by molar-refractivity contribution is 6.11. The minimum Gasteiger partial charge on any atom is -0.497 e. The molecule has 1 aliphatic rings. The van der Waals surface area contributed by atoms with Crippen molar-refractivity contribution in [2.45, 2.75) is 25.8 Å². The summed E-state index contributed by atoms with van der Waals surface area (Å²) >= 11 is 0. The monoisotopic (exact) mass is 477 g/mol. The van der Waals surface area contributed by atoms with Gasteiger partial charge < -0.3 is 15.4 Å². The number of carbonyl (C=O) groups is 2. The van der Waals surface area contributed by atoms with Crippen LogP contribution in [0.5, 0.6) is 5.75 Å². The van der Waals surface area contributed by atoms with Gasteiger partial charge in [-0.15, -0.1) is 0 Å². The molecule has 0 atom stereocenters. The van der Waals surface area contributed by atoms with Crippen LogP contribution < -0.4 is 15.4 Å².